The predicted octanol–water partition coefficient (Wildman–Crippen LogP) is 2.55. The average Bonchev–Trinajstić information content (AvgIpc) is 3.05. The fourth-order valence-corrected chi connectivity index (χ4v) is 3.15. The third kappa shape index (κ3) is 2.60. The van der Waals surface area contributed by atoms with Crippen LogP contribution in [0, 0.1) is 5.92 Å². The Morgan fingerprint density at radius 2 is 2.16 bits per heavy atom. The standard InChI is InChI=1S/C13H18BrN5/c14-13-10(7-15)17-12-6-5-11(18-19(12)13)16-8-9-3-1-2-4-9/h5-6,9H,1-4,7-8,15H2,(H,16,18). The molecule has 1 aliphatic carbocycles. The van der Waals surface area contributed by atoms with Gasteiger partial charge in [0.2, 0.25) is 0 Å². The van der Waals surface area contributed by atoms with Gasteiger partial charge in [0.1, 0.15) is 10.4 Å². The number of imidazole rings is 1. The second kappa shape index (κ2) is 5.46. The molecule has 1 aliphatic rings. The highest BCUT2D eigenvalue weighted by Crippen LogP contribution is 2.25. The lowest BCUT2D eigenvalue weighted by Crippen LogP contribution is -2.12. The monoisotopic (exact) mass is 323 g/mol. The third-order valence-electron chi connectivity index (χ3n) is 3.73. The smallest absolute Gasteiger partial charge is 0.155 e. The Morgan fingerprint density at radius 3 is 2.89 bits per heavy atom. The minimum atomic E-state index is 0.411. The number of rotatable bonds is 4. The van der Waals surface area contributed by atoms with Crippen molar-refractivity contribution in [3.05, 3.63) is 22.4 Å². The van der Waals surface area contributed by atoms with Gasteiger partial charge in [-0.1, -0.05) is 12.8 Å². The third-order valence-corrected chi connectivity index (χ3v) is 4.52. The number of hydrogen-bond donors (Lipinski definition) is 2. The molecule has 5 nitrogen and oxygen atoms in total. The highest BCUT2D eigenvalue weighted by molar-refractivity contribution is 9.10. The van der Waals surface area contributed by atoms with Gasteiger partial charge in [0.15, 0.2) is 5.65 Å². The van der Waals surface area contributed by atoms with Crippen molar-refractivity contribution in [3.63, 3.8) is 0 Å². The molecule has 0 aliphatic heterocycles. The molecule has 1 fully saturated rings. The molecule has 3 N–H and O–H groups in total. The van der Waals surface area contributed by atoms with Gasteiger partial charge < -0.3 is 11.1 Å². The maximum atomic E-state index is 5.64. The first-order valence-corrected chi connectivity index (χ1v) is 7.55. The molecule has 0 atom stereocenters. The molecule has 2 heterocycles. The summed E-state index contributed by atoms with van der Waals surface area (Å²) >= 11 is 3.49. The zero-order valence-electron chi connectivity index (χ0n) is 10.8. The molecule has 2 aromatic rings. The summed E-state index contributed by atoms with van der Waals surface area (Å²) in [5.41, 5.74) is 7.30. The van der Waals surface area contributed by atoms with Crippen LogP contribution in [0.2, 0.25) is 0 Å². The first-order valence-electron chi connectivity index (χ1n) is 6.76. The Labute approximate surface area is 120 Å². The molecular formula is C13H18BrN5. The SMILES string of the molecule is NCc1nc2ccc(NCC3CCCC3)nn2c1Br. The van der Waals surface area contributed by atoms with Crippen molar-refractivity contribution in [2.75, 3.05) is 11.9 Å². The first kappa shape index (κ1) is 12.9. The summed E-state index contributed by atoms with van der Waals surface area (Å²) in [4.78, 5) is 4.41. The van der Waals surface area contributed by atoms with Crippen molar-refractivity contribution in [3.8, 4) is 0 Å². The van der Waals surface area contributed by atoms with E-state index in [4.69, 9.17) is 5.73 Å². The molecule has 0 aromatic carbocycles. The molecule has 0 bridgehead atoms. The van der Waals surface area contributed by atoms with Crippen LogP contribution in [0.4, 0.5) is 5.82 Å². The van der Waals surface area contributed by atoms with Gasteiger partial charge in [-0.3, -0.25) is 0 Å². The molecule has 1 saturated carbocycles. The zero-order chi connectivity index (χ0) is 13.2. The molecule has 3 rings (SSSR count). The summed E-state index contributed by atoms with van der Waals surface area (Å²) in [6, 6.07) is 3.94. The highest BCUT2D eigenvalue weighted by Gasteiger charge is 2.15. The number of nitrogens with one attached hydrogen (secondary N) is 1. The van der Waals surface area contributed by atoms with Gasteiger partial charge in [0.25, 0.3) is 0 Å². The summed E-state index contributed by atoms with van der Waals surface area (Å²) < 4.78 is 2.63. The van der Waals surface area contributed by atoms with Crippen LogP contribution in [-0.4, -0.2) is 21.1 Å². The number of hydrogen-bond acceptors (Lipinski definition) is 4. The van der Waals surface area contributed by atoms with Crippen LogP contribution in [0.3, 0.4) is 0 Å². The van der Waals surface area contributed by atoms with E-state index in [0.29, 0.717) is 6.54 Å². The van der Waals surface area contributed by atoms with Crippen molar-refractivity contribution in [1.82, 2.24) is 14.6 Å². The van der Waals surface area contributed by atoms with Crippen LogP contribution in [0.5, 0.6) is 0 Å². The maximum absolute atomic E-state index is 5.64. The number of anilines is 1. The van der Waals surface area contributed by atoms with Crippen molar-refractivity contribution in [2.24, 2.45) is 11.7 Å². The largest absolute Gasteiger partial charge is 0.368 e. The van der Waals surface area contributed by atoms with Crippen LogP contribution in [0.15, 0.2) is 16.7 Å². The lowest BCUT2D eigenvalue weighted by atomic mass is 10.1. The minimum absolute atomic E-state index is 0.411. The average molecular weight is 324 g/mol. The zero-order valence-corrected chi connectivity index (χ0v) is 12.4. The van der Waals surface area contributed by atoms with E-state index >= 15 is 0 Å². The quantitative estimate of drug-likeness (QED) is 0.907. The number of halogens is 1. The van der Waals surface area contributed by atoms with Crippen molar-refractivity contribution in [1.29, 1.82) is 0 Å². The summed E-state index contributed by atoms with van der Waals surface area (Å²) in [6.45, 7) is 1.42. The summed E-state index contributed by atoms with van der Waals surface area (Å²) in [7, 11) is 0. The van der Waals surface area contributed by atoms with Crippen LogP contribution >= 0.6 is 15.9 Å². The topological polar surface area (TPSA) is 68.2 Å². The van der Waals surface area contributed by atoms with Gasteiger partial charge in [0, 0.05) is 13.1 Å². The van der Waals surface area contributed by atoms with Crippen LogP contribution in [0.1, 0.15) is 31.4 Å². The number of nitrogens with two attached hydrogens (primary N) is 1. The van der Waals surface area contributed by atoms with E-state index in [-0.39, 0.29) is 0 Å². The Hall–Kier alpha value is -1.14. The molecule has 102 valence electrons. The van der Waals surface area contributed by atoms with E-state index < -0.39 is 0 Å². The molecule has 0 amide bonds. The van der Waals surface area contributed by atoms with E-state index in [1.54, 1.807) is 4.52 Å². The summed E-state index contributed by atoms with van der Waals surface area (Å²) in [5, 5.41) is 7.97. The van der Waals surface area contributed by atoms with Crippen molar-refractivity contribution >= 4 is 27.4 Å². The van der Waals surface area contributed by atoms with E-state index in [9.17, 15) is 0 Å². The number of nitrogens with zero attached hydrogens (tertiary/aromatic N) is 3. The van der Waals surface area contributed by atoms with Gasteiger partial charge in [-0.05, 0) is 46.8 Å². The Kier molecular flexibility index (Phi) is 3.70. The maximum Gasteiger partial charge on any atom is 0.155 e. The molecule has 2 aromatic heterocycles. The Bertz CT molecular complexity index is 574. The number of fused-ring (bicyclic) bond motifs is 1. The van der Waals surface area contributed by atoms with E-state index in [1.165, 1.54) is 25.7 Å². The first-order chi connectivity index (χ1) is 9.28. The second-order valence-corrected chi connectivity index (χ2v) is 5.82. The molecular weight excluding hydrogens is 306 g/mol. The minimum Gasteiger partial charge on any atom is -0.368 e. The van der Waals surface area contributed by atoms with Gasteiger partial charge in [-0.2, -0.15) is 0 Å². The molecule has 0 unspecified atom stereocenters. The number of aromatic nitrogens is 3. The van der Waals surface area contributed by atoms with Gasteiger partial charge in [0.05, 0.1) is 5.69 Å². The Morgan fingerprint density at radius 1 is 1.37 bits per heavy atom. The van der Waals surface area contributed by atoms with E-state index in [1.807, 2.05) is 12.1 Å². The summed E-state index contributed by atoms with van der Waals surface area (Å²) in [5.74, 6) is 1.68. The van der Waals surface area contributed by atoms with Crippen LogP contribution < -0.4 is 11.1 Å². The van der Waals surface area contributed by atoms with E-state index in [2.05, 4.69) is 31.3 Å². The van der Waals surface area contributed by atoms with Crippen molar-refractivity contribution in [2.45, 2.75) is 32.2 Å². The highest BCUT2D eigenvalue weighted by atomic mass is 79.9. The van der Waals surface area contributed by atoms with Crippen molar-refractivity contribution < 1.29 is 0 Å². The molecule has 6 heteroatoms. The normalized spacial score (nSPS) is 16.3. The van der Waals surface area contributed by atoms with Gasteiger partial charge in [-0.15, -0.1) is 5.10 Å². The predicted molar refractivity (Wildman–Crippen MR) is 79.0 cm³/mol. The van der Waals surface area contributed by atoms with Crippen LogP contribution in [-0.2, 0) is 6.54 Å². The van der Waals surface area contributed by atoms with Crippen LogP contribution in [0.25, 0.3) is 5.65 Å². The lowest BCUT2D eigenvalue weighted by molar-refractivity contribution is 0.578. The molecule has 0 saturated heterocycles. The summed E-state index contributed by atoms with van der Waals surface area (Å²) in [6.07, 6.45) is 5.40. The lowest BCUT2D eigenvalue weighted by Gasteiger charge is -2.11. The second-order valence-electron chi connectivity index (χ2n) is 5.07. The fraction of sp³-hybridized carbons (Fsp3) is 0.538. The Balaban J connectivity index is 1.78. The molecule has 0 radical (unpaired) electrons. The fourth-order valence-electron chi connectivity index (χ4n) is 2.64. The molecule has 0 spiro atoms. The van der Waals surface area contributed by atoms with Gasteiger partial charge >= 0.3 is 0 Å². The van der Waals surface area contributed by atoms with Gasteiger partial charge in [-0.25, -0.2) is 9.50 Å². The van der Waals surface area contributed by atoms with E-state index in [0.717, 1.165) is 34.2 Å². The molecule has 19 heavy (non-hydrogen) atoms.